The first kappa shape index (κ1) is 11.4. The Morgan fingerprint density at radius 1 is 1.18 bits per heavy atom. The van der Waals surface area contributed by atoms with Crippen LogP contribution in [0.15, 0.2) is 30.5 Å². The van der Waals surface area contributed by atoms with Crippen LogP contribution in [-0.2, 0) is 6.54 Å². The van der Waals surface area contributed by atoms with Crippen molar-refractivity contribution >= 4 is 5.95 Å². The first-order valence-corrected chi connectivity index (χ1v) is 5.13. The monoisotopic (exact) mass is 235 g/mol. The maximum atomic E-state index is 13.3. The van der Waals surface area contributed by atoms with Crippen molar-refractivity contribution < 1.29 is 8.78 Å². The predicted octanol–water partition coefficient (Wildman–Crippen LogP) is 2.68. The van der Waals surface area contributed by atoms with Crippen LogP contribution in [0.2, 0.25) is 0 Å². The number of aryl methyl sites for hydroxylation is 1. The van der Waals surface area contributed by atoms with Gasteiger partial charge in [-0.25, -0.2) is 18.7 Å². The number of aromatic nitrogens is 2. The van der Waals surface area contributed by atoms with E-state index >= 15 is 0 Å². The van der Waals surface area contributed by atoms with Crippen molar-refractivity contribution in [3.05, 3.63) is 53.4 Å². The van der Waals surface area contributed by atoms with E-state index in [9.17, 15) is 8.78 Å². The molecule has 1 heterocycles. The predicted molar refractivity (Wildman–Crippen MR) is 60.5 cm³/mol. The molecule has 0 radical (unpaired) electrons. The van der Waals surface area contributed by atoms with Gasteiger partial charge >= 0.3 is 0 Å². The summed E-state index contributed by atoms with van der Waals surface area (Å²) in [5.41, 5.74) is 0.772. The molecular formula is C12H11F2N3. The van der Waals surface area contributed by atoms with Gasteiger partial charge < -0.3 is 5.32 Å². The van der Waals surface area contributed by atoms with Gasteiger partial charge in [0.25, 0.3) is 0 Å². The lowest BCUT2D eigenvalue weighted by molar-refractivity contribution is 0.559. The van der Waals surface area contributed by atoms with Gasteiger partial charge in [0, 0.05) is 24.0 Å². The van der Waals surface area contributed by atoms with Crippen LogP contribution in [-0.4, -0.2) is 9.97 Å². The first-order chi connectivity index (χ1) is 8.16. The standard InChI is InChI=1S/C12H11F2N3/c1-8-5-6-15-12(17-8)16-7-9-10(13)3-2-4-11(9)14/h2-6H,7H2,1H3,(H,15,16,17). The number of nitrogens with one attached hydrogen (secondary N) is 1. The Morgan fingerprint density at radius 2 is 1.88 bits per heavy atom. The van der Waals surface area contributed by atoms with E-state index in [1.165, 1.54) is 18.2 Å². The van der Waals surface area contributed by atoms with Crippen LogP contribution in [0.25, 0.3) is 0 Å². The molecule has 5 heteroatoms. The average Bonchev–Trinajstić information content (AvgIpc) is 2.28. The van der Waals surface area contributed by atoms with Crippen LogP contribution >= 0.6 is 0 Å². The Kier molecular flexibility index (Phi) is 3.27. The Hall–Kier alpha value is -2.04. The van der Waals surface area contributed by atoms with E-state index in [1.807, 2.05) is 6.92 Å². The van der Waals surface area contributed by atoms with E-state index in [1.54, 1.807) is 12.3 Å². The molecule has 0 bridgehead atoms. The van der Waals surface area contributed by atoms with Crippen LogP contribution in [0.5, 0.6) is 0 Å². The molecule has 0 saturated heterocycles. The summed E-state index contributed by atoms with van der Waals surface area (Å²) in [4.78, 5) is 8.03. The molecule has 1 N–H and O–H groups in total. The topological polar surface area (TPSA) is 37.8 Å². The van der Waals surface area contributed by atoms with Crippen LogP contribution in [0.3, 0.4) is 0 Å². The van der Waals surface area contributed by atoms with Crippen molar-refractivity contribution in [1.29, 1.82) is 0 Å². The molecule has 0 unspecified atom stereocenters. The van der Waals surface area contributed by atoms with Gasteiger partial charge in [0.2, 0.25) is 5.95 Å². The quantitative estimate of drug-likeness (QED) is 0.888. The summed E-state index contributed by atoms with van der Waals surface area (Å²) in [5.74, 6) is -0.803. The maximum Gasteiger partial charge on any atom is 0.223 e. The third kappa shape index (κ3) is 2.75. The normalized spacial score (nSPS) is 10.3. The van der Waals surface area contributed by atoms with Crippen molar-refractivity contribution in [2.24, 2.45) is 0 Å². The van der Waals surface area contributed by atoms with Crippen LogP contribution in [0.4, 0.5) is 14.7 Å². The number of benzene rings is 1. The van der Waals surface area contributed by atoms with Gasteiger partial charge in [-0.15, -0.1) is 0 Å². The third-order valence-electron chi connectivity index (χ3n) is 2.28. The zero-order chi connectivity index (χ0) is 12.3. The molecule has 88 valence electrons. The molecule has 0 atom stereocenters. The number of anilines is 1. The van der Waals surface area contributed by atoms with Crippen molar-refractivity contribution in [2.45, 2.75) is 13.5 Å². The summed E-state index contributed by atoms with van der Waals surface area (Å²) >= 11 is 0. The highest BCUT2D eigenvalue weighted by Crippen LogP contribution is 2.13. The second kappa shape index (κ2) is 4.86. The van der Waals surface area contributed by atoms with E-state index in [0.717, 1.165) is 5.69 Å². The van der Waals surface area contributed by atoms with E-state index in [4.69, 9.17) is 0 Å². The lowest BCUT2D eigenvalue weighted by atomic mass is 10.2. The van der Waals surface area contributed by atoms with E-state index in [2.05, 4.69) is 15.3 Å². The highest BCUT2D eigenvalue weighted by molar-refractivity contribution is 5.29. The van der Waals surface area contributed by atoms with Crippen molar-refractivity contribution in [3.8, 4) is 0 Å². The minimum absolute atomic E-state index is 0.0158. The minimum Gasteiger partial charge on any atom is -0.350 e. The first-order valence-electron chi connectivity index (χ1n) is 5.13. The average molecular weight is 235 g/mol. The fraction of sp³-hybridized carbons (Fsp3) is 0.167. The molecule has 0 amide bonds. The van der Waals surface area contributed by atoms with E-state index in [0.29, 0.717) is 5.95 Å². The second-order valence-electron chi connectivity index (χ2n) is 3.58. The molecule has 1 aromatic heterocycles. The SMILES string of the molecule is Cc1ccnc(NCc2c(F)cccc2F)n1. The molecule has 0 spiro atoms. The molecule has 2 aromatic rings. The smallest absolute Gasteiger partial charge is 0.223 e. The van der Waals surface area contributed by atoms with E-state index < -0.39 is 11.6 Å². The summed E-state index contributed by atoms with van der Waals surface area (Å²) in [6.07, 6.45) is 1.59. The summed E-state index contributed by atoms with van der Waals surface area (Å²) in [6.45, 7) is 1.83. The third-order valence-corrected chi connectivity index (χ3v) is 2.28. The summed E-state index contributed by atoms with van der Waals surface area (Å²) in [7, 11) is 0. The molecule has 0 aliphatic carbocycles. The van der Waals surface area contributed by atoms with Gasteiger partial charge in [0.1, 0.15) is 11.6 Å². The molecule has 0 fully saturated rings. The highest BCUT2D eigenvalue weighted by atomic mass is 19.1. The van der Waals surface area contributed by atoms with Crippen LogP contribution in [0.1, 0.15) is 11.3 Å². The maximum absolute atomic E-state index is 13.3. The van der Waals surface area contributed by atoms with Gasteiger partial charge in [-0.05, 0) is 25.1 Å². The fourth-order valence-electron chi connectivity index (χ4n) is 1.40. The number of nitrogens with zero attached hydrogens (tertiary/aromatic N) is 2. The zero-order valence-corrected chi connectivity index (χ0v) is 9.24. The number of halogens is 2. The van der Waals surface area contributed by atoms with Gasteiger partial charge in [-0.3, -0.25) is 0 Å². The van der Waals surface area contributed by atoms with Gasteiger partial charge in [-0.1, -0.05) is 6.07 Å². The Labute approximate surface area is 97.5 Å². The van der Waals surface area contributed by atoms with Gasteiger partial charge in [0.15, 0.2) is 0 Å². The number of hydrogen-bond acceptors (Lipinski definition) is 3. The molecule has 17 heavy (non-hydrogen) atoms. The van der Waals surface area contributed by atoms with Crippen molar-refractivity contribution in [3.63, 3.8) is 0 Å². The van der Waals surface area contributed by atoms with Crippen LogP contribution in [0, 0.1) is 18.6 Å². The highest BCUT2D eigenvalue weighted by Gasteiger charge is 2.08. The lowest BCUT2D eigenvalue weighted by Gasteiger charge is -2.07. The largest absolute Gasteiger partial charge is 0.350 e. The van der Waals surface area contributed by atoms with Crippen LogP contribution < -0.4 is 5.32 Å². The van der Waals surface area contributed by atoms with Crippen molar-refractivity contribution in [2.75, 3.05) is 5.32 Å². The Bertz CT molecular complexity index is 509. The summed E-state index contributed by atoms with van der Waals surface area (Å²) in [5, 5.41) is 2.78. The second-order valence-corrected chi connectivity index (χ2v) is 3.58. The summed E-state index contributed by atoms with van der Waals surface area (Å²) in [6, 6.07) is 5.51. The fourth-order valence-corrected chi connectivity index (χ4v) is 1.40. The van der Waals surface area contributed by atoms with Crippen molar-refractivity contribution in [1.82, 2.24) is 9.97 Å². The molecule has 0 aliphatic rings. The lowest BCUT2D eigenvalue weighted by Crippen LogP contribution is -2.07. The summed E-state index contributed by atoms with van der Waals surface area (Å²) < 4.78 is 26.6. The van der Waals surface area contributed by atoms with Gasteiger partial charge in [0.05, 0.1) is 0 Å². The molecule has 3 nitrogen and oxygen atoms in total. The number of rotatable bonds is 3. The zero-order valence-electron chi connectivity index (χ0n) is 9.24. The molecule has 1 aromatic carbocycles. The molecule has 2 rings (SSSR count). The van der Waals surface area contributed by atoms with Gasteiger partial charge in [-0.2, -0.15) is 0 Å². The van der Waals surface area contributed by atoms with E-state index in [-0.39, 0.29) is 12.1 Å². The molecule has 0 aliphatic heterocycles. The Balaban J connectivity index is 2.13. The Morgan fingerprint density at radius 3 is 2.53 bits per heavy atom. The molecule has 0 saturated carbocycles. The molecular weight excluding hydrogens is 224 g/mol. The number of hydrogen-bond donors (Lipinski definition) is 1. The minimum atomic E-state index is -0.579.